The van der Waals surface area contributed by atoms with Crippen molar-refractivity contribution in [3.05, 3.63) is 0 Å². The molecule has 0 N–H and O–H groups in total. The van der Waals surface area contributed by atoms with Crippen LogP contribution in [0.25, 0.3) is 0 Å². The normalized spacial score (nSPS) is 32.9. The second-order valence-corrected chi connectivity index (χ2v) is 5.85. The van der Waals surface area contributed by atoms with Gasteiger partial charge >= 0.3 is 6.09 Å². The summed E-state index contributed by atoms with van der Waals surface area (Å²) in [4.78, 5) is 24.3. The van der Waals surface area contributed by atoms with Crippen LogP contribution in [0.3, 0.4) is 0 Å². The monoisotopic (exact) mass is 225 g/mol. The highest BCUT2D eigenvalue weighted by atomic mass is 16.6. The fourth-order valence-electron chi connectivity index (χ4n) is 2.62. The average Bonchev–Trinajstić information content (AvgIpc) is 2.16. The van der Waals surface area contributed by atoms with Gasteiger partial charge < -0.3 is 14.4 Å². The van der Waals surface area contributed by atoms with E-state index in [1.54, 1.807) is 4.90 Å². The van der Waals surface area contributed by atoms with Crippen LogP contribution in [0.15, 0.2) is 0 Å². The average molecular weight is 225 g/mol. The Morgan fingerprint density at radius 3 is 2.31 bits per heavy atom. The molecule has 0 aromatic rings. The lowest BCUT2D eigenvalue weighted by Crippen LogP contribution is -2.57. The summed E-state index contributed by atoms with van der Waals surface area (Å²) in [5.41, 5.74) is -0.442. The summed E-state index contributed by atoms with van der Waals surface area (Å²) in [5.74, 6) is 0.909. The smallest absolute Gasteiger partial charge is 0.410 e. The van der Waals surface area contributed by atoms with Crippen molar-refractivity contribution in [1.29, 1.82) is 0 Å². The van der Waals surface area contributed by atoms with Gasteiger partial charge in [-0.15, -0.1) is 0 Å². The summed E-state index contributed by atoms with van der Waals surface area (Å²) in [6.07, 6.45) is 1.89. The van der Waals surface area contributed by atoms with E-state index in [9.17, 15) is 9.59 Å². The third kappa shape index (κ3) is 2.06. The fourth-order valence-corrected chi connectivity index (χ4v) is 2.62. The molecule has 1 saturated carbocycles. The Balaban J connectivity index is 1.90. The zero-order chi connectivity index (χ0) is 11.9. The molecule has 4 heteroatoms. The third-order valence-electron chi connectivity index (χ3n) is 3.41. The van der Waals surface area contributed by atoms with Crippen LogP contribution in [0.5, 0.6) is 0 Å². The van der Waals surface area contributed by atoms with E-state index < -0.39 is 5.60 Å². The number of carbonyl (C=O) groups excluding carboxylic acids is 2. The van der Waals surface area contributed by atoms with Crippen molar-refractivity contribution >= 4 is 12.4 Å². The molecular formula is C12H19NO3. The van der Waals surface area contributed by atoms with Crippen molar-refractivity contribution in [3.8, 4) is 0 Å². The van der Waals surface area contributed by atoms with Crippen LogP contribution in [0.1, 0.15) is 27.2 Å². The minimum atomic E-state index is -0.442. The first-order chi connectivity index (χ1) is 7.40. The first-order valence-corrected chi connectivity index (χ1v) is 5.84. The van der Waals surface area contributed by atoms with Gasteiger partial charge in [-0.05, 0) is 39.0 Å². The van der Waals surface area contributed by atoms with Gasteiger partial charge in [0.1, 0.15) is 11.9 Å². The minimum Gasteiger partial charge on any atom is -0.444 e. The van der Waals surface area contributed by atoms with Crippen molar-refractivity contribution in [3.63, 3.8) is 0 Å². The van der Waals surface area contributed by atoms with Crippen molar-refractivity contribution in [2.24, 2.45) is 17.8 Å². The number of fused-ring (bicyclic) bond motifs is 2. The molecule has 3 fully saturated rings. The van der Waals surface area contributed by atoms with Crippen molar-refractivity contribution < 1.29 is 14.3 Å². The minimum absolute atomic E-state index is 0.179. The van der Waals surface area contributed by atoms with Gasteiger partial charge in [0.15, 0.2) is 0 Å². The van der Waals surface area contributed by atoms with Crippen LogP contribution in [-0.2, 0) is 9.53 Å². The molecule has 4 nitrogen and oxygen atoms in total. The Bertz CT molecular complexity index is 296. The van der Waals surface area contributed by atoms with E-state index in [2.05, 4.69) is 0 Å². The molecule has 2 unspecified atom stereocenters. The topological polar surface area (TPSA) is 46.6 Å². The van der Waals surface area contributed by atoms with Crippen LogP contribution < -0.4 is 0 Å². The van der Waals surface area contributed by atoms with Crippen LogP contribution in [0.4, 0.5) is 4.79 Å². The molecule has 16 heavy (non-hydrogen) atoms. The SMILES string of the molecule is CC(C)(C)OC(=O)N1CC2CC(C1)C2C=O. The molecule has 0 aromatic carbocycles. The number of rotatable bonds is 1. The number of hydrogen-bond acceptors (Lipinski definition) is 3. The molecule has 3 aliphatic rings. The third-order valence-corrected chi connectivity index (χ3v) is 3.41. The Morgan fingerprint density at radius 2 is 1.88 bits per heavy atom. The van der Waals surface area contributed by atoms with Crippen molar-refractivity contribution in [2.45, 2.75) is 32.8 Å². The maximum absolute atomic E-state index is 11.8. The van der Waals surface area contributed by atoms with E-state index in [-0.39, 0.29) is 12.0 Å². The predicted octanol–water partition coefficient (Wildman–Crippen LogP) is 1.69. The van der Waals surface area contributed by atoms with E-state index >= 15 is 0 Å². The lowest BCUT2D eigenvalue weighted by atomic mass is 9.62. The largest absolute Gasteiger partial charge is 0.444 e. The first-order valence-electron chi connectivity index (χ1n) is 5.84. The number of carbonyl (C=O) groups is 2. The van der Waals surface area contributed by atoms with Crippen LogP contribution in [-0.4, -0.2) is 36.0 Å². The van der Waals surface area contributed by atoms with Gasteiger partial charge in [0.05, 0.1) is 0 Å². The molecule has 1 aliphatic carbocycles. The molecular weight excluding hydrogens is 206 g/mol. The lowest BCUT2D eigenvalue weighted by molar-refractivity contribution is -0.126. The van der Waals surface area contributed by atoms with Crippen molar-refractivity contribution in [2.75, 3.05) is 13.1 Å². The number of ether oxygens (including phenoxy) is 1. The van der Waals surface area contributed by atoms with E-state index in [0.29, 0.717) is 24.9 Å². The van der Waals surface area contributed by atoms with E-state index in [1.807, 2.05) is 20.8 Å². The molecule has 3 rings (SSSR count). The highest BCUT2D eigenvalue weighted by Gasteiger charge is 2.48. The van der Waals surface area contributed by atoms with Gasteiger partial charge in [0.2, 0.25) is 0 Å². The fraction of sp³-hybridized carbons (Fsp3) is 0.833. The van der Waals surface area contributed by atoms with Crippen LogP contribution in [0, 0.1) is 17.8 Å². The second kappa shape index (κ2) is 3.75. The van der Waals surface area contributed by atoms with Gasteiger partial charge in [-0.25, -0.2) is 4.79 Å². The Labute approximate surface area is 95.9 Å². The maximum Gasteiger partial charge on any atom is 0.410 e. The molecule has 0 spiro atoms. The number of nitrogens with zero attached hydrogens (tertiary/aromatic N) is 1. The molecule has 2 saturated heterocycles. The summed E-state index contributed by atoms with van der Waals surface area (Å²) in [6.45, 7) is 6.95. The molecule has 2 heterocycles. The molecule has 0 radical (unpaired) electrons. The molecule has 2 atom stereocenters. The summed E-state index contributed by atoms with van der Waals surface area (Å²) >= 11 is 0. The van der Waals surface area contributed by atoms with Crippen LogP contribution in [0.2, 0.25) is 0 Å². The highest BCUT2D eigenvalue weighted by Crippen LogP contribution is 2.44. The molecule has 1 amide bonds. The predicted molar refractivity (Wildman–Crippen MR) is 59.0 cm³/mol. The van der Waals surface area contributed by atoms with Gasteiger partial charge in [-0.2, -0.15) is 0 Å². The first kappa shape index (κ1) is 11.4. The second-order valence-electron chi connectivity index (χ2n) is 5.85. The molecule has 90 valence electrons. The Morgan fingerprint density at radius 1 is 1.31 bits per heavy atom. The maximum atomic E-state index is 11.8. The van der Waals surface area contributed by atoms with Gasteiger partial charge in [-0.1, -0.05) is 0 Å². The van der Waals surface area contributed by atoms with Gasteiger partial charge in [-0.3, -0.25) is 0 Å². The van der Waals surface area contributed by atoms with E-state index in [1.165, 1.54) is 0 Å². The number of piperidine rings is 2. The summed E-state index contributed by atoms with van der Waals surface area (Å²) in [5, 5.41) is 0. The van der Waals surface area contributed by atoms with Gasteiger partial charge in [0.25, 0.3) is 0 Å². The number of aldehydes is 1. The molecule has 0 aromatic heterocycles. The van der Waals surface area contributed by atoms with Crippen molar-refractivity contribution in [1.82, 2.24) is 4.90 Å². The highest BCUT2D eigenvalue weighted by molar-refractivity contribution is 5.69. The zero-order valence-corrected chi connectivity index (χ0v) is 10.1. The number of amides is 1. The van der Waals surface area contributed by atoms with Gasteiger partial charge in [0, 0.05) is 19.0 Å². The summed E-state index contributed by atoms with van der Waals surface area (Å²) in [7, 11) is 0. The summed E-state index contributed by atoms with van der Waals surface area (Å²) in [6, 6.07) is 0. The van der Waals surface area contributed by atoms with E-state index in [0.717, 1.165) is 12.7 Å². The quantitative estimate of drug-likeness (QED) is 0.638. The Kier molecular flexibility index (Phi) is 2.68. The summed E-state index contributed by atoms with van der Waals surface area (Å²) < 4.78 is 5.31. The lowest BCUT2D eigenvalue weighted by Gasteiger charge is -2.51. The standard InChI is InChI=1S/C12H19NO3/c1-12(2,3)16-11(15)13-5-8-4-9(6-13)10(8)7-14/h7-10H,4-6H2,1-3H3. The molecule has 2 bridgehead atoms. The zero-order valence-electron chi connectivity index (χ0n) is 10.1. The number of hydrogen-bond donors (Lipinski definition) is 0. The molecule has 2 aliphatic heterocycles. The van der Waals surface area contributed by atoms with E-state index in [4.69, 9.17) is 4.74 Å². The Hall–Kier alpha value is -1.06. The van der Waals surface area contributed by atoms with Crippen LogP contribution >= 0.6 is 0 Å².